The number of nitrogens with zero attached hydrogens (tertiary/aromatic N) is 1. The van der Waals surface area contributed by atoms with Crippen molar-refractivity contribution < 1.29 is 27.4 Å². The van der Waals surface area contributed by atoms with Crippen LogP contribution in [0.1, 0.15) is 20.8 Å². The molecule has 28 heavy (non-hydrogen) atoms. The molecule has 1 N–H and O–H groups in total. The van der Waals surface area contributed by atoms with Crippen LogP contribution >= 0.6 is 11.3 Å². The molecule has 2 heterocycles. The van der Waals surface area contributed by atoms with Crippen molar-refractivity contribution in [3.8, 4) is 11.5 Å². The van der Waals surface area contributed by atoms with Crippen molar-refractivity contribution in [3.63, 3.8) is 0 Å². The summed E-state index contributed by atoms with van der Waals surface area (Å²) in [5.41, 5.74) is 1.14. The number of esters is 1. The second-order valence-corrected chi connectivity index (χ2v) is 9.10. The minimum absolute atomic E-state index is 0.00413. The summed E-state index contributed by atoms with van der Waals surface area (Å²) in [6.07, 6.45) is 0.658. The lowest BCUT2D eigenvalue weighted by Crippen LogP contribution is -2.26. The van der Waals surface area contributed by atoms with Gasteiger partial charge in [-0.3, -0.25) is 4.72 Å². The number of likely N-dealkylation sites (N-methyl/N-ethyl adjacent to an activating group) is 1. The van der Waals surface area contributed by atoms with E-state index in [4.69, 9.17) is 14.2 Å². The number of rotatable bonds is 6. The van der Waals surface area contributed by atoms with Crippen LogP contribution in [0.3, 0.4) is 0 Å². The third-order valence-electron chi connectivity index (χ3n) is 4.53. The molecule has 0 radical (unpaired) electrons. The van der Waals surface area contributed by atoms with Gasteiger partial charge >= 0.3 is 5.97 Å². The number of fused-ring (bicyclic) bond motifs is 1. The zero-order valence-electron chi connectivity index (χ0n) is 16.1. The van der Waals surface area contributed by atoms with Gasteiger partial charge in [-0.05, 0) is 31.2 Å². The molecule has 8 nitrogen and oxygen atoms in total. The number of hydrogen-bond donors (Lipinski definition) is 1. The number of nitrogens with one attached hydrogen (secondary N) is 1. The SMILES string of the molecule is COC(=O)c1c(NS(=O)(=O)c2ccc(OC)c(OC)c2)sc2c1CCN(C)C2. The first-order chi connectivity index (χ1) is 13.3. The van der Waals surface area contributed by atoms with E-state index < -0.39 is 16.0 Å². The average Bonchev–Trinajstić information content (AvgIpc) is 3.02. The fourth-order valence-electron chi connectivity index (χ4n) is 3.09. The van der Waals surface area contributed by atoms with Crippen LogP contribution in [-0.4, -0.2) is 54.2 Å². The van der Waals surface area contributed by atoms with Crippen LogP contribution in [0.5, 0.6) is 11.5 Å². The number of carbonyl (C=O) groups excluding carboxylic acids is 1. The van der Waals surface area contributed by atoms with Gasteiger partial charge < -0.3 is 19.1 Å². The predicted octanol–water partition coefficient (Wildman–Crippen LogP) is 2.34. The van der Waals surface area contributed by atoms with E-state index in [1.54, 1.807) is 0 Å². The number of anilines is 1. The highest BCUT2D eigenvalue weighted by molar-refractivity contribution is 7.93. The van der Waals surface area contributed by atoms with Gasteiger partial charge in [-0.25, -0.2) is 13.2 Å². The molecule has 3 rings (SSSR count). The van der Waals surface area contributed by atoms with E-state index in [9.17, 15) is 13.2 Å². The van der Waals surface area contributed by atoms with E-state index in [1.807, 2.05) is 7.05 Å². The van der Waals surface area contributed by atoms with Crippen LogP contribution in [0.4, 0.5) is 5.00 Å². The van der Waals surface area contributed by atoms with Crippen molar-refractivity contribution in [2.24, 2.45) is 0 Å². The van der Waals surface area contributed by atoms with Gasteiger partial charge in [-0.2, -0.15) is 0 Å². The van der Waals surface area contributed by atoms with Crippen molar-refractivity contribution in [3.05, 3.63) is 34.2 Å². The Labute approximate surface area is 168 Å². The second kappa shape index (κ2) is 7.98. The van der Waals surface area contributed by atoms with Gasteiger partial charge in [0.15, 0.2) is 11.5 Å². The highest BCUT2D eigenvalue weighted by Crippen LogP contribution is 2.39. The molecule has 0 aliphatic carbocycles. The summed E-state index contributed by atoms with van der Waals surface area (Å²) in [5, 5.41) is 0.266. The van der Waals surface area contributed by atoms with Gasteiger partial charge in [0.2, 0.25) is 0 Å². The third kappa shape index (κ3) is 3.80. The molecule has 0 amide bonds. The monoisotopic (exact) mass is 426 g/mol. The van der Waals surface area contributed by atoms with Gasteiger partial charge in [-0.15, -0.1) is 11.3 Å². The van der Waals surface area contributed by atoms with Crippen molar-refractivity contribution >= 4 is 32.3 Å². The smallest absolute Gasteiger partial charge is 0.341 e. The summed E-state index contributed by atoms with van der Waals surface area (Å²) in [6.45, 7) is 1.44. The minimum atomic E-state index is -3.94. The normalized spacial score (nSPS) is 14.3. The van der Waals surface area contributed by atoms with E-state index in [0.29, 0.717) is 30.0 Å². The lowest BCUT2D eigenvalue weighted by molar-refractivity contribution is 0.0600. The topological polar surface area (TPSA) is 94.2 Å². The number of sulfonamides is 1. The Bertz CT molecular complexity index is 1000. The predicted molar refractivity (Wildman–Crippen MR) is 106 cm³/mol. The van der Waals surface area contributed by atoms with E-state index in [-0.39, 0.29) is 9.90 Å². The Morgan fingerprint density at radius 3 is 2.54 bits per heavy atom. The number of thiophene rings is 1. The first-order valence-electron chi connectivity index (χ1n) is 8.47. The molecule has 152 valence electrons. The van der Waals surface area contributed by atoms with Gasteiger partial charge in [0.1, 0.15) is 5.00 Å². The first-order valence-corrected chi connectivity index (χ1v) is 10.8. The zero-order chi connectivity index (χ0) is 20.5. The number of carbonyl (C=O) groups is 1. The molecule has 0 fully saturated rings. The molecule has 0 atom stereocenters. The molecule has 1 aromatic heterocycles. The van der Waals surface area contributed by atoms with Crippen LogP contribution in [0.2, 0.25) is 0 Å². The first kappa shape index (κ1) is 20.4. The van der Waals surface area contributed by atoms with Crippen molar-refractivity contribution in [2.75, 3.05) is 39.6 Å². The van der Waals surface area contributed by atoms with E-state index in [0.717, 1.165) is 17.0 Å². The lowest BCUT2D eigenvalue weighted by Gasteiger charge is -2.22. The van der Waals surface area contributed by atoms with E-state index >= 15 is 0 Å². The van der Waals surface area contributed by atoms with Crippen LogP contribution < -0.4 is 14.2 Å². The number of ether oxygens (including phenoxy) is 3. The molecular formula is C18H22N2O6S2. The second-order valence-electron chi connectivity index (χ2n) is 6.31. The fraction of sp³-hybridized carbons (Fsp3) is 0.389. The average molecular weight is 427 g/mol. The van der Waals surface area contributed by atoms with Crippen molar-refractivity contribution in [1.82, 2.24) is 4.90 Å². The maximum atomic E-state index is 12.9. The molecule has 0 unspecified atom stereocenters. The standard InChI is InChI=1S/C18H22N2O6S2/c1-20-8-7-12-15(10-20)27-17(16(12)18(21)26-4)19-28(22,23)11-5-6-13(24-2)14(9-11)25-3/h5-6,9,19H,7-8,10H2,1-4H3. The van der Waals surface area contributed by atoms with Gasteiger partial charge in [0.25, 0.3) is 10.0 Å². The molecule has 1 aliphatic heterocycles. The molecule has 1 aromatic carbocycles. The third-order valence-corrected chi connectivity index (χ3v) is 7.14. The summed E-state index contributed by atoms with van der Waals surface area (Å²) in [5.74, 6) is 0.170. The Morgan fingerprint density at radius 2 is 1.89 bits per heavy atom. The van der Waals surface area contributed by atoms with Gasteiger partial charge in [0, 0.05) is 24.0 Å². The molecule has 2 aromatic rings. The van der Waals surface area contributed by atoms with E-state index in [1.165, 1.54) is 50.9 Å². The Balaban J connectivity index is 2.02. The number of hydrogen-bond acceptors (Lipinski definition) is 8. The van der Waals surface area contributed by atoms with Crippen LogP contribution in [0.25, 0.3) is 0 Å². The summed E-state index contributed by atoms with van der Waals surface area (Å²) < 4.78 is 43.7. The molecule has 10 heteroatoms. The van der Waals surface area contributed by atoms with Crippen molar-refractivity contribution in [1.29, 1.82) is 0 Å². The Kier molecular flexibility index (Phi) is 5.82. The molecule has 1 aliphatic rings. The van der Waals surface area contributed by atoms with Gasteiger partial charge in [0.05, 0.1) is 31.8 Å². The largest absolute Gasteiger partial charge is 0.493 e. The number of benzene rings is 1. The lowest BCUT2D eigenvalue weighted by atomic mass is 10.0. The zero-order valence-corrected chi connectivity index (χ0v) is 17.7. The Morgan fingerprint density at radius 1 is 1.18 bits per heavy atom. The van der Waals surface area contributed by atoms with E-state index in [2.05, 4.69) is 9.62 Å². The Hall–Kier alpha value is -2.30. The van der Waals surface area contributed by atoms with Crippen LogP contribution in [0, 0.1) is 0 Å². The van der Waals surface area contributed by atoms with Crippen LogP contribution in [-0.2, 0) is 27.7 Å². The molecule has 0 saturated carbocycles. The highest BCUT2D eigenvalue weighted by atomic mass is 32.2. The summed E-state index contributed by atoms with van der Waals surface area (Å²) in [4.78, 5) is 15.4. The molecular weight excluding hydrogens is 404 g/mol. The maximum absolute atomic E-state index is 12.9. The fourth-order valence-corrected chi connectivity index (χ4v) is 5.72. The molecule has 0 bridgehead atoms. The summed E-state index contributed by atoms with van der Waals surface area (Å²) in [6, 6.07) is 4.31. The summed E-state index contributed by atoms with van der Waals surface area (Å²) in [7, 11) is 2.22. The molecule has 0 saturated heterocycles. The number of methoxy groups -OCH3 is 3. The van der Waals surface area contributed by atoms with Crippen molar-refractivity contribution in [2.45, 2.75) is 17.9 Å². The minimum Gasteiger partial charge on any atom is -0.493 e. The summed E-state index contributed by atoms with van der Waals surface area (Å²) >= 11 is 1.26. The highest BCUT2D eigenvalue weighted by Gasteiger charge is 2.30. The maximum Gasteiger partial charge on any atom is 0.341 e. The quantitative estimate of drug-likeness (QED) is 0.709. The molecule has 0 spiro atoms. The van der Waals surface area contributed by atoms with Crippen LogP contribution in [0.15, 0.2) is 23.1 Å². The van der Waals surface area contributed by atoms with Gasteiger partial charge in [-0.1, -0.05) is 0 Å².